The number of carbonyl (C=O) groups is 1. The van der Waals surface area contributed by atoms with Gasteiger partial charge in [0.1, 0.15) is 5.84 Å². The number of benzene rings is 3. The molecule has 1 aliphatic heterocycles. The second-order valence-corrected chi connectivity index (χ2v) is 9.88. The molecular weight excluding hydrogens is 496 g/mol. The Kier molecular flexibility index (Phi) is 7.11. The van der Waals surface area contributed by atoms with Gasteiger partial charge < -0.3 is 15.2 Å². The van der Waals surface area contributed by atoms with Crippen LogP contribution in [0.3, 0.4) is 0 Å². The number of aryl methyl sites for hydroxylation is 1. The molecule has 1 amide bonds. The minimum absolute atomic E-state index is 0.0982. The Labute approximate surface area is 226 Å². The average molecular weight is 525 g/mol. The monoisotopic (exact) mass is 524 g/mol. The van der Waals surface area contributed by atoms with Crippen molar-refractivity contribution >= 4 is 40.0 Å². The summed E-state index contributed by atoms with van der Waals surface area (Å²) < 4.78 is 0. The molecular formula is C30H29ClN6O. The van der Waals surface area contributed by atoms with Gasteiger partial charge in [0.05, 0.1) is 11.7 Å². The summed E-state index contributed by atoms with van der Waals surface area (Å²) in [6, 6.07) is 17.6. The van der Waals surface area contributed by atoms with Gasteiger partial charge in [0, 0.05) is 65.4 Å². The van der Waals surface area contributed by atoms with E-state index >= 15 is 0 Å². The second-order valence-electron chi connectivity index (χ2n) is 9.47. The number of amidine groups is 1. The number of rotatable bonds is 6. The lowest BCUT2D eigenvalue weighted by molar-refractivity contribution is -0.127. The highest BCUT2D eigenvalue weighted by molar-refractivity contribution is 6.34. The Bertz CT molecular complexity index is 1550. The average Bonchev–Trinajstić information content (AvgIpc) is 3.42. The summed E-state index contributed by atoms with van der Waals surface area (Å²) in [6.07, 6.45) is 3.54. The number of carbonyl (C=O) groups excluding carboxylic acids is 1. The highest BCUT2D eigenvalue weighted by atomic mass is 35.5. The van der Waals surface area contributed by atoms with E-state index in [1.54, 1.807) is 11.1 Å². The molecule has 3 aromatic carbocycles. The van der Waals surface area contributed by atoms with Crippen molar-refractivity contribution in [1.82, 2.24) is 20.0 Å². The smallest absolute Gasteiger partial charge is 0.246 e. The first kappa shape index (κ1) is 25.4. The maximum Gasteiger partial charge on any atom is 0.246 e. The molecule has 0 bridgehead atoms. The van der Waals surface area contributed by atoms with Crippen molar-refractivity contribution in [2.45, 2.75) is 13.3 Å². The van der Waals surface area contributed by atoms with E-state index < -0.39 is 0 Å². The van der Waals surface area contributed by atoms with Crippen LogP contribution in [-0.2, 0) is 11.2 Å². The molecule has 8 heteroatoms. The molecule has 1 saturated heterocycles. The zero-order valence-electron chi connectivity index (χ0n) is 21.2. The molecule has 0 radical (unpaired) electrons. The van der Waals surface area contributed by atoms with Gasteiger partial charge in [0.2, 0.25) is 5.91 Å². The molecule has 0 unspecified atom stereocenters. The number of hydrogen-bond acceptors (Lipinski definition) is 4. The molecule has 38 heavy (non-hydrogen) atoms. The van der Waals surface area contributed by atoms with Gasteiger partial charge in [-0.15, -0.1) is 0 Å². The number of H-pyrrole nitrogens is 1. The summed E-state index contributed by atoms with van der Waals surface area (Å²) in [5, 5.41) is 26.9. The van der Waals surface area contributed by atoms with Crippen LogP contribution in [0.4, 0.5) is 0 Å². The Morgan fingerprint density at radius 2 is 1.76 bits per heavy atom. The first-order valence-corrected chi connectivity index (χ1v) is 12.9. The lowest BCUT2D eigenvalue weighted by Crippen LogP contribution is -2.50. The lowest BCUT2D eigenvalue weighted by atomic mass is 9.90. The third-order valence-electron chi connectivity index (χ3n) is 7.10. The van der Waals surface area contributed by atoms with E-state index in [1.807, 2.05) is 66.4 Å². The number of aromatic nitrogens is 2. The predicted molar refractivity (Wildman–Crippen MR) is 153 cm³/mol. The fourth-order valence-electron chi connectivity index (χ4n) is 5.04. The third kappa shape index (κ3) is 4.85. The molecule has 2 heterocycles. The molecule has 0 atom stereocenters. The number of hydrogen-bond donors (Lipinski definition) is 3. The molecule has 5 rings (SSSR count). The van der Waals surface area contributed by atoms with Crippen LogP contribution in [0.1, 0.15) is 22.3 Å². The zero-order valence-corrected chi connectivity index (χ0v) is 22.0. The number of halogens is 1. The van der Waals surface area contributed by atoms with Gasteiger partial charge in [-0.05, 0) is 47.9 Å². The molecule has 7 nitrogen and oxygen atoms in total. The Balaban J connectivity index is 1.58. The van der Waals surface area contributed by atoms with Gasteiger partial charge >= 0.3 is 0 Å². The molecule has 4 aromatic rings. The summed E-state index contributed by atoms with van der Waals surface area (Å²) in [7, 11) is 0. The van der Waals surface area contributed by atoms with Gasteiger partial charge in [-0.1, -0.05) is 54.6 Å². The quantitative estimate of drug-likeness (QED) is 0.177. The minimum atomic E-state index is -0.0982. The number of amides is 1. The zero-order chi connectivity index (χ0) is 26.8. The predicted octanol–water partition coefficient (Wildman–Crippen LogP) is 5.46. The van der Waals surface area contributed by atoms with Crippen molar-refractivity contribution in [2.75, 3.05) is 26.2 Å². The van der Waals surface area contributed by atoms with E-state index in [4.69, 9.17) is 17.0 Å². The summed E-state index contributed by atoms with van der Waals surface area (Å²) in [5.74, 6) is 0.220. The van der Waals surface area contributed by atoms with Gasteiger partial charge in [-0.3, -0.25) is 15.3 Å². The third-order valence-corrected chi connectivity index (χ3v) is 7.41. The molecule has 1 aromatic heterocycles. The van der Waals surface area contributed by atoms with Crippen LogP contribution in [0.2, 0.25) is 5.02 Å². The van der Waals surface area contributed by atoms with Gasteiger partial charge in [0.25, 0.3) is 0 Å². The first-order chi connectivity index (χ1) is 18.4. The number of piperazine rings is 1. The fourth-order valence-corrected chi connectivity index (χ4v) is 5.30. The van der Waals surface area contributed by atoms with Crippen LogP contribution in [0.5, 0.6) is 0 Å². The van der Waals surface area contributed by atoms with E-state index in [2.05, 4.69) is 16.8 Å². The van der Waals surface area contributed by atoms with Gasteiger partial charge in [-0.2, -0.15) is 5.10 Å². The maximum atomic E-state index is 12.1. The van der Waals surface area contributed by atoms with E-state index in [0.29, 0.717) is 60.3 Å². The van der Waals surface area contributed by atoms with Crippen LogP contribution in [-0.4, -0.2) is 63.6 Å². The second kappa shape index (κ2) is 10.6. The van der Waals surface area contributed by atoms with Gasteiger partial charge in [-0.25, -0.2) is 0 Å². The van der Waals surface area contributed by atoms with Crippen LogP contribution in [0, 0.1) is 17.7 Å². The van der Waals surface area contributed by atoms with E-state index in [-0.39, 0.29) is 5.91 Å². The topological polar surface area (TPSA) is 99.9 Å². The SMILES string of the molecule is C=CC(=O)N1CCN(C(=N)c2cc(-c3c(C)ccc4[nH]ncc34)c(Cl)cc2C(=N)Cc2ccccc2)CC1. The van der Waals surface area contributed by atoms with Crippen LogP contribution in [0.15, 0.2) is 73.4 Å². The highest BCUT2D eigenvalue weighted by Crippen LogP contribution is 2.38. The normalized spacial score (nSPS) is 13.5. The van der Waals surface area contributed by atoms with E-state index in [0.717, 1.165) is 33.2 Å². The standard InChI is InChI=1S/C30H29ClN6O/c1-3-28(38)36-11-13-37(14-12-36)30(33)22-16-23(29-19(2)9-10-27-24(29)18-34-35-27)25(31)17-21(22)26(32)15-20-7-5-4-6-8-20/h3-10,16-18,32-33H,1,11-15H2,2H3,(H,34,35). The van der Waals surface area contributed by atoms with Crippen molar-refractivity contribution in [3.8, 4) is 11.1 Å². The first-order valence-electron chi connectivity index (χ1n) is 12.5. The van der Waals surface area contributed by atoms with Crippen molar-refractivity contribution in [3.05, 3.63) is 101 Å². The fraction of sp³-hybridized carbons (Fsp3) is 0.200. The summed E-state index contributed by atoms with van der Waals surface area (Å²) in [5.41, 5.74) is 6.39. The van der Waals surface area contributed by atoms with Crippen LogP contribution < -0.4 is 0 Å². The van der Waals surface area contributed by atoms with Gasteiger partial charge in [0.15, 0.2) is 0 Å². The van der Waals surface area contributed by atoms with Crippen LogP contribution in [0.25, 0.3) is 22.0 Å². The van der Waals surface area contributed by atoms with E-state index in [1.165, 1.54) is 6.08 Å². The van der Waals surface area contributed by atoms with E-state index in [9.17, 15) is 10.2 Å². The highest BCUT2D eigenvalue weighted by Gasteiger charge is 2.26. The van der Waals surface area contributed by atoms with Crippen LogP contribution >= 0.6 is 11.6 Å². The summed E-state index contributed by atoms with van der Waals surface area (Å²) in [6.45, 7) is 7.69. The van der Waals surface area contributed by atoms with Crippen molar-refractivity contribution < 1.29 is 4.79 Å². The maximum absolute atomic E-state index is 12.1. The Morgan fingerprint density at radius 1 is 1.05 bits per heavy atom. The molecule has 1 aliphatic rings. The number of fused-ring (bicyclic) bond motifs is 1. The Hall–Kier alpha value is -4.23. The van der Waals surface area contributed by atoms with Crippen molar-refractivity contribution in [1.29, 1.82) is 10.8 Å². The molecule has 0 saturated carbocycles. The molecule has 0 aliphatic carbocycles. The number of aromatic amines is 1. The largest absolute Gasteiger partial charge is 0.353 e. The number of nitrogens with zero attached hydrogens (tertiary/aromatic N) is 3. The minimum Gasteiger partial charge on any atom is -0.353 e. The lowest BCUT2D eigenvalue weighted by Gasteiger charge is -2.36. The Morgan fingerprint density at radius 3 is 2.47 bits per heavy atom. The molecule has 192 valence electrons. The summed E-state index contributed by atoms with van der Waals surface area (Å²) in [4.78, 5) is 15.8. The molecule has 1 fully saturated rings. The summed E-state index contributed by atoms with van der Waals surface area (Å²) >= 11 is 6.92. The molecule has 0 spiro atoms. The van der Waals surface area contributed by atoms with Crippen molar-refractivity contribution in [3.63, 3.8) is 0 Å². The molecule has 3 N–H and O–H groups in total. The number of nitrogens with one attached hydrogen (secondary N) is 3. The van der Waals surface area contributed by atoms with Crippen molar-refractivity contribution in [2.24, 2.45) is 0 Å².